The minimum atomic E-state index is -0.302. The van der Waals surface area contributed by atoms with Crippen molar-refractivity contribution in [2.75, 3.05) is 45.2 Å². The highest BCUT2D eigenvalue weighted by molar-refractivity contribution is 5.95. The molecule has 3 heterocycles. The SMILES string of the molecule is COc1nccnc1NC(=O)N1CCN(C(=O)c2ccnc(OCCC3CCCCC3)c2)CC1. The van der Waals surface area contributed by atoms with E-state index in [1.54, 1.807) is 28.1 Å². The van der Waals surface area contributed by atoms with Crippen molar-refractivity contribution in [2.24, 2.45) is 5.92 Å². The van der Waals surface area contributed by atoms with Gasteiger partial charge in [0.2, 0.25) is 5.88 Å². The topological polar surface area (TPSA) is 110 Å². The van der Waals surface area contributed by atoms with Gasteiger partial charge in [-0.2, -0.15) is 0 Å². The average Bonchev–Trinajstić information content (AvgIpc) is 2.89. The van der Waals surface area contributed by atoms with Gasteiger partial charge in [0, 0.05) is 56.4 Å². The van der Waals surface area contributed by atoms with Crippen LogP contribution < -0.4 is 14.8 Å². The normalized spacial score (nSPS) is 16.7. The van der Waals surface area contributed by atoms with Crippen LogP contribution in [0.5, 0.6) is 11.8 Å². The fourth-order valence-corrected chi connectivity index (χ4v) is 4.46. The Morgan fingerprint density at radius 2 is 1.74 bits per heavy atom. The van der Waals surface area contributed by atoms with Crippen LogP contribution in [0.15, 0.2) is 30.7 Å². The Morgan fingerprint density at radius 1 is 1.00 bits per heavy atom. The molecule has 0 radical (unpaired) electrons. The van der Waals surface area contributed by atoms with Gasteiger partial charge in [0.15, 0.2) is 5.82 Å². The number of anilines is 1. The van der Waals surface area contributed by atoms with E-state index >= 15 is 0 Å². The molecule has 34 heavy (non-hydrogen) atoms. The molecule has 182 valence electrons. The van der Waals surface area contributed by atoms with Gasteiger partial charge in [0.25, 0.3) is 11.8 Å². The molecule has 1 N–H and O–H groups in total. The third-order valence-electron chi connectivity index (χ3n) is 6.42. The summed E-state index contributed by atoms with van der Waals surface area (Å²) in [6, 6.07) is 3.11. The fraction of sp³-hybridized carbons (Fsp3) is 0.542. The van der Waals surface area contributed by atoms with Crippen molar-refractivity contribution >= 4 is 17.8 Å². The number of piperazine rings is 1. The van der Waals surface area contributed by atoms with Crippen LogP contribution in [-0.2, 0) is 0 Å². The van der Waals surface area contributed by atoms with Crippen LogP contribution in [0, 0.1) is 5.92 Å². The summed E-state index contributed by atoms with van der Waals surface area (Å²) in [6.45, 7) is 2.32. The second-order valence-electron chi connectivity index (χ2n) is 8.65. The summed E-state index contributed by atoms with van der Waals surface area (Å²) < 4.78 is 11.0. The van der Waals surface area contributed by atoms with Crippen LogP contribution in [0.25, 0.3) is 0 Å². The first-order chi connectivity index (χ1) is 16.6. The van der Waals surface area contributed by atoms with Crippen molar-refractivity contribution in [3.63, 3.8) is 0 Å². The number of pyridine rings is 1. The Labute approximate surface area is 199 Å². The molecular weight excluding hydrogens is 436 g/mol. The summed E-state index contributed by atoms with van der Waals surface area (Å²) in [5.74, 6) is 1.65. The quantitative estimate of drug-likeness (QED) is 0.664. The summed E-state index contributed by atoms with van der Waals surface area (Å²) in [6.07, 6.45) is 12.2. The van der Waals surface area contributed by atoms with E-state index in [0.717, 1.165) is 12.3 Å². The van der Waals surface area contributed by atoms with Crippen LogP contribution in [-0.4, -0.2) is 76.6 Å². The number of ether oxygens (including phenoxy) is 2. The molecule has 2 aliphatic rings. The molecule has 10 nitrogen and oxygen atoms in total. The lowest BCUT2D eigenvalue weighted by molar-refractivity contribution is 0.0671. The monoisotopic (exact) mass is 468 g/mol. The van der Waals surface area contributed by atoms with Crippen molar-refractivity contribution in [2.45, 2.75) is 38.5 Å². The molecule has 0 bridgehead atoms. The van der Waals surface area contributed by atoms with Gasteiger partial charge in [0.1, 0.15) is 0 Å². The maximum Gasteiger partial charge on any atom is 0.323 e. The van der Waals surface area contributed by atoms with E-state index in [4.69, 9.17) is 9.47 Å². The number of hydrogen-bond acceptors (Lipinski definition) is 7. The highest BCUT2D eigenvalue weighted by atomic mass is 16.5. The van der Waals surface area contributed by atoms with E-state index < -0.39 is 0 Å². The molecule has 0 unspecified atom stereocenters. The zero-order valence-electron chi connectivity index (χ0n) is 19.6. The van der Waals surface area contributed by atoms with Crippen molar-refractivity contribution in [3.8, 4) is 11.8 Å². The number of nitrogens with zero attached hydrogens (tertiary/aromatic N) is 5. The largest absolute Gasteiger partial charge is 0.478 e. The molecule has 0 aromatic carbocycles. The van der Waals surface area contributed by atoms with E-state index in [-0.39, 0.29) is 23.6 Å². The summed E-state index contributed by atoms with van der Waals surface area (Å²) in [4.78, 5) is 41.4. The number of methoxy groups -OCH3 is 1. The highest BCUT2D eigenvalue weighted by Crippen LogP contribution is 2.26. The molecule has 2 aromatic rings. The molecular formula is C24H32N6O4. The second-order valence-corrected chi connectivity index (χ2v) is 8.65. The minimum absolute atomic E-state index is 0.0878. The zero-order valence-corrected chi connectivity index (χ0v) is 19.6. The number of amides is 3. The predicted octanol–water partition coefficient (Wildman–Crippen LogP) is 3.22. The molecule has 1 aliphatic carbocycles. The predicted molar refractivity (Wildman–Crippen MR) is 126 cm³/mol. The standard InChI is InChI=1S/C24H32N6O4/c1-33-22-21(26-10-11-27-22)28-24(32)30-14-12-29(13-15-30)23(31)19-7-9-25-20(17-19)34-16-8-18-5-3-2-4-6-18/h7,9-11,17-18H,2-6,8,12-16H2,1H3,(H,26,28,32). The van der Waals surface area contributed by atoms with Gasteiger partial charge in [-0.05, 0) is 18.4 Å². The summed E-state index contributed by atoms with van der Waals surface area (Å²) in [5, 5.41) is 2.72. The van der Waals surface area contributed by atoms with Gasteiger partial charge in [0.05, 0.1) is 13.7 Å². The second kappa shape index (κ2) is 11.6. The molecule has 0 spiro atoms. The summed E-state index contributed by atoms with van der Waals surface area (Å²) in [5.41, 5.74) is 0.546. The summed E-state index contributed by atoms with van der Waals surface area (Å²) >= 11 is 0. The first-order valence-electron chi connectivity index (χ1n) is 11.9. The first-order valence-corrected chi connectivity index (χ1v) is 11.9. The third kappa shape index (κ3) is 6.12. The molecule has 0 atom stereocenters. The minimum Gasteiger partial charge on any atom is -0.478 e. The van der Waals surface area contributed by atoms with Crippen molar-refractivity contribution in [1.29, 1.82) is 0 Å². The average molecular weight is 469 g/mol. The molecule has 1 saturated carbocycles. The maximum atomic E-state index is 13.0. The van der Waals surface area contributed by atoms with Crippen molar-refractivity contribution < 1.29 is 19.1 Å². The number of nitrogens with one attached hydrogen (secondary N) is 1. The number of hydrogen-bond donors (Lipinski definition) is 1. The van der Waals surface area contributed by atoms with Crippen LogP contribution >= 0.6 is 0 Å². The van der Waals surface area contributed by atoms with E-state index in [1.807, 2.05) is 0 Å². The van der Waals surface area contributed by atoms with Gasteiger partial charge >= 0.3 is 6.03 Å². The Hall–Kier alpha value is -3.43. The Balaban J connectivity index is 1.26. The smallest absolute Gasteiger partial charge is 0.323 e. The highest BCUT2D eigenvalue weighted by Gasteiger charge is 2.26. The number of carbonyl (C=O) groups excluding carboxylic acids is 2. The van der Waals surface area contributed by atoms with Gasteiger partial charge < -0.3 is 19.3 Å². The number of rotatable bonds is 7. The van der Waals surface area contributed by atoms with E-state index in [2.05, 4.69) is 20.3 Å². The van der Waals surface area contributed by atoms with E-state index in [0.29, 0.717) is 44.2 Å². The Bertz CT molecular complexity index is 973. The lowest BCUT2D eigenvalue weighted by Crippen LogP contribution is -2.51. The Kier molecular flexibility index (Phi) is 8.11. The Morgan fingerprint density at radius 3 is 2.50 bits per heavy atom. The lowest BCUT2D eigenvalue weighted by atomic mass is 9.87. The lowest BCUT2D eigenvalue weighted by Gasteiger charge is -2.34. The zero-order chi connectivity index (χ0) is 23.8. The maximum absolute atomic E-state index is 13.0. The molecule has 2 fully saturated rings. The van der Waals surface area contributed by atoms with Gasteiger partial charge in [-0.25, -0.2) is 19.7 Å². The van der Waals surface area contributed by atoms with Gasteiger partial charge in [-0.1, -0.05) is 32.1 Å². The molecule has 2 aromatic heterocycles. The van der Waals surface area contributed by atoms with E-state index in [1.165, 1.54) is 51.6 Å². The molecule has 1 saturated heterocycles. The van der Waals surface area contributed by atoms with Crippen LogP contribution in [0.3, 0.4) is 0 Å². The van der Waals surface area contributed by atoms with Crippen LogP contribution in [0.1, 0.15) is 48.9 Å². The van der Waals surface area contributed by atoms with Crippen LogP contribution in [0.2, 0.25) is 0 Å². The fourth-order valence-electron chi connectivity index (χ4n) is 4.46. The van der Waals surface area contributed by atoms with Gasteiger partial charge in [-0.15, -0.1) is 0 Å². The number of aromatic nitrogens is 3. The van der Waals surface area contributed by atoms with Crippen molar-refractivity contribution in [1.82, 2.24) is 24.8 Å². The van der Waals surface area contributed by atoms with Gasteiger partial charge in [-0.3, -0.25) is 10.1 Å². The molecule has 4 rings (SSSR count). The van der Waals surface area contributed by atoms with Crippen molar-refractivity contribution in [3.05, 3.63) is 36.3 Å². The number of urea groups is 1. The summed E-state index contributed by atoms with van der Waals surface area (Å²) in [7, 11) is 1.47. The number of carbonyl (C=O) groups is 2. The molecule has 1 aliphatic heterocycles. The molecule has 3 amide bonds. The van der Waals surface area contributed by atoms with Crippen LogP contribution in [0.4, 0.5) is 10.6 Å². The first kappa shape index (κ1) is 23.7. The molecule has 10 heteroatoms. The van der Waals surface area contributed by atoms with E-state index in [9.17, 15) is 9.59 Å². The third-order valence-corrected chi connectivity index (χ3v) is 6.42.